The zero-order valence-electron chi connectivity index (χ0n) is 18.8. The zero-order chi connectivity index (χ0) is 22.4. The molecule has 1 fully saturated rings. The molecule has 2 N–H and O–H groups in total. The molecule has 2 aromatic carbocycles. The molecule has 8 heteroatoms. The Morgan fingerprint density at radius 3 is 2.59 bits per heavy atom. The standard InChI is InChI=1S/C24H30ClFN4O.HI/c1-24(2,20-10-9-19(26)13-21(20)25)16-29-23(27-3)28-14-17-6-4-7-18(12-17)15-30-11-5-8-22(30)31;/h4,6-7,9-10,12-13H,5,8,11,14-16H2,1-3H3,(H2,27,28,29);1H. The van der Waals surface area contributed by atoms with Crippen molar-refractivity contribution in [3.05, 3.63) is 70.0 Å². The molecule has 0 aromatic heterocycles. The number of nitrogens with zero attached hydrogens (tertiary/aromatic N) is 2. The van der Waals surface area contributed by atoms with Crippen molar-refractivity contribution in [3.8, 4) is 0 Å². The van der Waals surface area contributed by atoms with Crippen LogP contribution in [0.5, 0.6) is 0 Å². The molecular weight excluding hydrogens is 542 g/mol. The van der Waals surface area contributed by atoms with E-state index in [1.807, 2.05) is 11.0 Å². The SMILES string of the molecule is CN=C(NCc1cccc(CN2CCCC2=O)c1)NCC(C)(C)c1ccc(F)cc1Cl.I. The van der Waals surface area contributed by atoms with Gasteiger partial charge in [0.15, 0.2) is 5.96 Å². The van der Waals surface area contributed by atoms with Gasteiger partial charge in [-0.3, -0.25) is 9.79 Å². The maximum atomic E-state index is 13.4. The summed E-state index contributed by atoms with van der Waals surface area (Å²) in [6.45, 7) is 6.79. The summed E-state index contributed by atoms with van der Waals surface area (Å²) >= 11 is 6.25. The first-order valence-electron chi connectivity index (χ1n) is 10.5. The number of aliphatic imine (C=N–C) groups is 1. The molecule has 1 aliphatic rings. The van der Waals surface area contributed by atoms with Crippen molar-refractivity contribution >= 4 is 47.4 Å². The average Bonchev–Trinajstić information content (AvgIpc) is 3.12. The lowest BCUT2D eigenvalue weighted by Gasteiger charge is -2.27. The number of rotatable bonds is 7. The monoisotopic (exact) mass is 572 g/mol. The molecule has 0 radical (unpaired) electrons. The molecule has 5 nitrogen and oxygen atoms in total. The van der Waals surface area contributed by atoms with Gasteiger partial charge >= 0.3 is 0 Å². The summed E-state index contributed by atoms with van der Waals surface area (Å²) in [7, 11) is 1.72. The first-order valence-corrected chi connectivity index (χ1v) is 10.9. The summed E-state index contributed by atoms with van der Waals surface area (Å²) in [6, 6.07) is 12.7. The number of benzene rings is 2. The van der Waals surface area contributed by atoms with Gasteiger partial charge in [-0.25, -0.2) is 4.39 Å². The van der Waals surface area contributed by atoms with Crippen molar-refractivity contribution in [2.75, 3.05) is 20.1 Å². The molecule has 1 aliphatic heterocycles. The summed E-state index contributed by atoms with van der Waals surface area (Å²) < 4.78 is 13.4. The van der Waals surface area contributed by atoms with E-state index in [1.165, 1.54) is 12.1 Å². The van der Waals surface area contributed by atoms with Gasteiger partial charge < -0.3 is 15.5 Å². The van der Waals surface area contributed by atoms with E-state index >= 15 is 0 Å². The van der Waals surface area contributed by atoms with Gasteiger partial charge in [-0.15, -0.1) is 24.0 Å². The largest absolute Gasteiger partial charge is 0.356 e. The lowest BCUT2D eigenvalue weighted by molar-refractivity contribution is -0.128. The van der Waals surface area contributed by atoms with Gasteiger partial charge in [-0.05, 0) is 35.2 Å². The Labute approximate surface area is 211 Å². The molecule has 0 unspecified atom stereocenters. The fraction of sp³-hybridized carbons (Fsp3) is 0.417. The quantitative estimate of drug-likeness (QED) is 0.283. The van der Waals surface area contributed by atoms with E-state index in [0.29, 0.717) is 37.0 Å². The van der Waals surface area contributed by atoms with Crippen LogP contribution >= 0.6 is 35.6 Å². The average molecular weight is 573 g/mol. The van der Waals surface area contributed by atoms with Crippen LogP contribution in [0.25, 0.3) is 0 Å². The van der Waals surface area contributed by atoms with Gasteiger partial charge in [0.1, 0.15) is 5.82 Å². The van der Waals surface area contributed by atoms with Gasteiger partial charge in [-0.2, -0.15) is 0 Å². The minimum absolute atomic E-state index is 0. The van der Waals surface area contributed by atoms with Gasteiger partial charge in [0.05, 0.1) is 0 Å². The van der Waals surface area contributed by atoms with Crippen LogP contribution in [0.1, 0.15) is 43.4 Å². The van der Waals surface area contributed by atoms with Gasteiger partial charge in [0.2, 0.25) is 5.91 Å². The van der Waals surface area contributed by atoms with Crippen LogP contribution in [0.2, 0.25) is 5.02 Å². The minimum atomic E-state index is -0.341. The topological polar surface area (TPSA) is 56.7 Å². The summed E-state index contributed by atoms with van der Waals surface area (Å²) in [5.74, 6) is 0.565. The zero-order valence-corrected chi connectivity index (χ0v) is 21.8. The molecule has 0 aliphatic carbocycles. The molecule has 0 saturated carbocycles. The molecule has 0 bridgehead atoms. The maximum Gasteiger partial charge on any atom is 0.222 e. The fourth-order valence-electron chi connectivity index (χ4n) is 3.77. The first kappa shape index (κ1) is 26.4. The second-order valence-electron chi connectivity index (χ2n) is 8.53. The van der Waals surface area contributed by atoms with Crippen LogP contribution in [0.3, 0.4) is 0 Å². The van der Waals surface area contributed by atoms with Gasteiger partial charge in [0.25, 0.3) is 0 Å². The second kappa shape index (κ2) is 11.8. The predicted octanol–water partition coefficient (Wildman–Crippen LogP) is 4.86. The van der Waals surface area contributed by atoms with Gasteiger partial charge in [0, 0.05) is 50.1 Å². The highest BCUT2D eigenvalue weighted by molar-refractivity contribution is 14.0. The van der Waals surface area contributed by atoms with Crippen LogP contribution in [0, 0.1) is 5.82 Å². The lowest BCUT2D eigenvalue weighted by atomic mass is 9.84. The van der Waals surface area contributed by atoms with E-state index in [1.54, 1.807) is 13.1 Å². The Hall–Kier alpha value is -1.87. The molecule has 1 saturated heterocycles. The first-order chi connectivity index (χ1) is 14.8. The molecule has 2 aromatic rings. The van der Waals surface area contributed by atoms with Crippen molar-refractivity contribution in [2.24, 2.45) is 4.99 Å². The smallest absolute Gasteiger partial charge is 0.222 e. The number of hydrogen-bond donors (Lipinski definition) is 2. The van der Waals surface area contributed by atoms with E-state index in [-0.39, 0.29) is 41.1 Å². The third-order valence-corrected chi connectivity index (χ3v) is 5.89. The molecule has 1 amide bonds. The lowest BCUT2D eigenvalue weighted by Crippen LogP contribution is -2.43. The second-order valence-corrected chi connectivity index (χ2v) is 8.93. The van der Waals surface area contributed by atoms with Crippen LogP contribution < -0.4 is 10.6 Å². The Kier molecular flexibility index (Phi) is 9.76. The molecule has 0 atom stereocenters. The summed E-state index contributed by atoms with van der Waals surface area (Å²) in [5, 5.41) is 7.08. The van der Waals surface area contributed by atoms with E-state index in [4.69, 9.17) is 11.6 Å². The summed E-state index contributed by atoms with van der Waals surface area (Å²) in [5.41, 5.74) is 2.81. The van der Waals surface area contributed by atoms with E-state index < -0.39 is 0 Å². The number of amides is 1. The third kappa shape index (κ3) is 7.07. The Morgan fingerprint density at radius 2 is 1.94 bits per heavy atom. The van der Waals surface area contributed by atoms with E-state index in [9.17, 15) is 9.18 Å². The molecule has 174 valence electrons. The van der Waals surface area contributed by atoms with E-state index in [0.717, 1.165) is 29.7 Å². The normalized spacial score (nSPS) is 14.3. The van der Waals surface area contributed by atoms with Crippen molar-refractivity contribution in [3.63, 3.8) is 0 Å². The maximum absolute atomic E-state index is 13.4. The van der Waals surface area contributed by atoms with E-state index in [2.05, 4.69) is 47.7 Å². The van der Waals surface area contributed by atoms with Crippen LogP contribution in [-0.4, -0.2) is 36.9 Å². The number of carbonyl (C=O) groups is 1. The number of carbonyl (C=O) groups excluding carboxylic acids is 1. The van der Waals surface area contributed by atoms with Gasteiger partial charge in [-0.1, -0.05) is 55.8 Å². The Balaban J connectivity index is 0.00000363. The highest BCUT2D eigenvalue weighted by Crippen LogP contribution is 2.29. The minimum Gasteiger partial charge on any atom is -0.356 e. The number of hydrogen-bond acceptors (Lipinski definition) is 2. The van der Waals surface area contributed by atoms with Crippen LogP contribution in [-0.2, 0) is 23.3 Å². The van der Waals surface area contributed by atoms with Crippen LogP contribution in [0.4, 0.5) is 4.39 Å². The van der Waals surface area contributed by atoms with Crippen molar-refractivity contribution < 1.29 is 9.18 Å². The molecule has 1 heterocycles. The van der Waals surface area contributed by atoms with Crippen molar-refractivity contribution in [1.82, 2.24) is 15.5 Å². The summed E-state index contributed by atoms with van der Waals surface area (Å²) in [6.07, 6.45) is 1.60. The molecule has 3 rings (SSSR count). The third-order valence-electron chi connectivity index (χ3n) is 5.58. The fourth-order valence-corrected chi connectivity index (χ4v) is 4.20. The van der Waals surface area contributed by atoms with Crippen LogP contribution in [0.15, 0.2) is 47.5 Å². The predicted molar refractivity (Wildman–Crippen MR) is 139 cm³/mol. The van der Waals surface area contributed by atoms with Crippen molar-refractivity contribution in [1.29, 1.82) is 0 Å². The molecule has 32 heavy (non-hydrogen) atoms. The Bertz CT molecular complexity index is 967. The number of likely N-dealkylation sites (tertiary alicyclic amines) is 1. The molecular formula is C24H31ClFIN4O. The van der Waals surface area contributed by atoms with Crippen molar-refractivity contribution in [2.45, 2.75) is 45.2 Å². The highest BCUT2D eigenvalue weighted by Gasteiger charge is 2.24. The Morgan fingerprint density at radius 1 is 1.19 bits per heavy atom. The number of halogens is 3. The number of guanidine groups is 1. The molecule has 0 spiro atoms. The highest BCUT2D eigenvalue weighted by atomic mass is 127. The number of nitrogens with one attached hydrogen (secondary N) is 2. The summed E-state index contributed by atoms with van der Waals surface area (Å²) in [4.78, 5) is 18.1.